The smallest absolute Gasteiger partial charge is 0.337 e. The van der Waals surface area contributed by atoms with Gasteiger partial charge in [0.1, 0.15) is 0 Å². The molecule has 1 fully saturated rings. The van der Waals surface area contributed by atoms with Crippen molar-refractivity contribution in [3.05, 3.63) is 58.6 Å². The lowest BCUT2D eigenvalue weighted by atomic mass is 10.1. The number of aromatic carboxylic acids is 1. The number of hydrogen-bond donors (Lipinski definition) is 2. The molecule has 0 atom stereocenters. The predicted octanol–water partition coefficient (Wildman–Crippen LogP) is 3.49. The molecule has 0 amide bonds. The highest BCUT2D eigenvalue weighted by Crippen LogP contribution is 2.26. The average molecular weight is 347 g/mol. The number of hydrogen-bond acceptors (Lipinski definition) is 4. The van der Waals surface area contributed by atoms with E-state index < -0.39 is 5.97 Å². The SMILES string of the molecule is O=C(O)c1cc(NCc2ccccc2Cl)ccc1N1CCOCC1. The number of halogens is 1. The van der Waals surface area contributed by atoms with E-state index in [1.165, 1.54) is 0 Å². The van der Waals surface area contributed by atoms with Crippen molar-refractivity contribution < 1.29 is 14.6 Å². The van der Waals surface area contributed by atoms with Crippen LogP contribution >= 0.6 is 11.6 Å². The van der Waals surface area contributed by atoms with E-state index in [9.17, 15) is 9.90 Å². The molecular weight excluding hydrogens is 328 g/mol. The number of ether oxygens (including phenoxy) is 1. The van der Waals surface area contributed by atoms with Gasteiger partial charge in [0.15, 0.2) is 0 Å². The van der Waals surface area contributed by atoms with Crippen molar-refractivity contribution in [1.29, 1.82) is 0 Å². The fraction of sp³-hybridized carbons (Fsp3) is 0.278. The van der Waals surface area contributed by atoms with Gasteiger partial charge in [-0.15, -0.1) is 0 Å². The first-order chi connectivity index (χ1) is 11.6. The van der Waals surface area contributed by atoms with Gasteiger partial charge in [0.25, 0.3) is 0 Å². The number of morpholine rings is 1. The highest BCUT2D eigenvalue weighted by Gasteiger charge is 2.18. The molecule has 0 spiro atoms. The van der Waals surface area contributed by atoms with Crippen LogP contribution in [0.1, 0.15) is 15.9 Å². The van der Waals surface area contributed by atoms with Gasteiger partial charge in [-0.2, -0.15) is 0 Å². The van der Waals surface area contributed by atoms with Gasteiger partial charge >= 0.3 is 5.97 Å². The van der Waals surface area contributed by atoms with Crippen molar-refractivity contribution in [3.63, 3.8) is 0 Å². The Morgan fingerprint density at radius 1 is 1.21 bits per heavy atom. The topological polar surface area (TPSA) is 61.8 Å². The molecule has 24 heavy (non-hydrogen) atoms. The molecule has 1 aliphatic rings. The van der Waals surface area contributed by atoms with Crippen molar-refractivity contribution >= 4 is 28.9 Å². The summed E-state index contributed by atoms with van der Waals surface area (Å²) in [6, 6.07) is 13.0. The fourth-order valence-corrected chi connectivity index (χ4v) is 2.94. The van der Waals surface area contributed by atoms with E-state index in [1.54, 1.807) is 6.07 Å². The summed E-state index contributed by atoms with van der Waals surface area (Å²) >= 11 is 6.15. The van der Waals surface area contributed by atoms with Gasteiger partial charge in [0, 0.05) is 30.3 Å². The van der Waals surface area contributed by atoms with Gasteiger partial charge in [0.05, 0.1) is 24.5 Å². The molecule has 0 saturated carbocycles. The number of carboxylic acid groups (broad SMARTS) is 1. The zero-order valence-corrected chi connectivity index (χ0v) is 13.9. The third kappa shape index (κ3) is 3.80. The van der Waals surface area contributed by atoms with Gasteiger partial charge in [-0.25, -0.2) is 4.79 Å². The number of nitrogens with one attached hydrogen (secondary N) is 1. The second kappa shape index (κ2) is 7.55. The molecule has 2 aromatic carbocycles. The molecule has 1 saturated heterocycles. The first-order valence-electron chi connectivity index (χ1n) is 7.82. The van der Waals surface area contributed by atoms with Crippen LogP contribution in [-0.4, -0.2) is 37.4 Å². The van der Waals surface area contributed by atoms with Crippen LogP contribution in [0.2, 0.25) is 5.02 Å². The summed E-state index contributed by atoms with van der Waals surface area (Å²) in [5, 5.41) is 13.5. The second-order valence-corrected chi connectivity index (χ2v) is 5.99. The lowest BCUT2D eigenvalue weighted by molar-refractivity contribution is 0.0696. The monoisotopic (exact) mass is 346 g/mol. The molecule has 0 radical (unpaired) electrons. The quantitative estimate of drug-likeness (QED) is 0.867. The summed E-state index contributed by atoms with van der Waals surface area (Å²) in [6.45, 7) is 3.17. The lowest BCUT2D eigenvalue weighted by Crippen LogP contribution is -2.37. The van der Waals surface area contributed by atoms with Crippen LogP contribution in [0.4, 0.5) is 11.4 Å². The van der Waals surface area contributed by atoms with Gasteiger partial charge in [-0.1, -0.05) is 29.8 Å². The molecule has 6 heteroatoms. The summed E-state index contributed by atoms with van der Waals surface area (Å²) < 4.78 is 5.33. The summed E-state index contributed by atoms with van der Waals surface area (Å²) in [7, 11) is 0. The zero-order valence-electron chi connectivity index (χ0n) is 13.2. The number of carboxylic acids is 1. The molecule has 1 heterocycles. The molecule has 1 aliphatic heterocycles. The Kier molecular flexibility index (Phi) is 5.23. The molecule has 0 bridgehead atoms. The molecule has 5 nitrogen and oxygen atoms in total. The Hall–Kier alpha value is -2.24. The van der Waals surface area contributed by atoms with Gasteiger partial charge in [-0.3, -0.25) is 0 Å². The predicted molar refractivity (Wildman–Crippen MR) is 95.2 cm³/mol. The average Bonchev–Trinajstić information content (AvgIpc) is 2.61. The number of nitrogens with zero attached hydrogens (tertiary/aromatic N) is 1. The molecule has 0 aromatic heterocycles. The summed E-state index contributed by atoms with van der Waals surface area (Å²) in [5.41, 5.74) is 2.74. The molecule has 0 unspecified atom stereocenters. The van der Waals surface area contributed by atoms with Crippen LogP contribution in [0, 0.1) is 0 Å². The van der Waals surface area contributed by atoms with E-state index in [2.05, 4.69) is 5.32 Å². The van der Waals surface area contributed by atoms with Gasteiger partial charge in [-0.05, 0) is 29.8 Å². The highest BCUT2D eigenvalue weighted by atomic mass is 35.5. The minimum absolute atomic E-state index is 0.293. The maximum absolute atomic E-state index is 11.6. The molecule has 0 aliphatic carbocycles. The van der Waals surface area contributed by atoms with Crippen molar-refractivity contribution in [2.24, 2.45) is 0 Å². The van der Waals surface area contributed by atoms with Crippen LogP contribution in [0.5, 0.6) is 0 Å². The number of rotatable bonds is 5. The largest absolute Gasteiger partial charge is 0.478 e. The van der Waals surface area contributed by atoms with Crippen LogP contribution in [0.15, 0.2) is 42.5 Å². The summed E-state index contributed by atoms with van der Waals surface area (Å²) in [4.78, 5) is 13.7. The maximum atomic E-state index is 11.6. The molecule has 2 aromatic rings. The third-order valence-corrected chi connectivity index (χ3v) is 4.39. The van der Waals surface area contributed by atoms with E-state index in [1.807, 2.05) is 41.3 Å². The molecule has 3 rings (SSSR count). The minimum atomic E-state index is -0.933. The Morgan fingerprint density at radius 2 is 1.96 bits per heavy atom. The highest BCUT2D eigenvalue weighted by molar-refractivity contribution is 6.31. The lowest BCUT2D eigenvalue weighted by Gasteiger charge is -2.30. The second-order valence-electron chi connectivity index (χ2n) is 5.58. The van der Waals surface area contributed by atoms with E-state index >= 15 is 0 Å². The van der Waals surface area contributed by atoms with Gasteiger partial charge in [0.2, 0.25) is 0 Å². The van der Waals surface area contributed by atoms with Crippen LogP contribution < -0.4 is 10.2 Å². The first-order valence-corrected chi connectivity index (χ1v) is 8.20. The summed E-state index contributed by atoms with van der Waals surface area (Å²) in [5.74, 6) is -0.933. The zero-order chi connectivity index (χ0) is 16.9. The fourth-order valence-electron chi connectivity index (χ4n) is 2.74. The molecule has 126 valence electrons. The number of anilines is 2. The van der Waals surface area contributed by atoms with Crippen molar-refractivity contribution in [2.75, 3.05) is 36.5 Å². The normalized spacial score (nSPS) is 14.5. The van der Waals surface area contributed by atoms with Crippen molar-refractivity contribution in [3.8, 4) is 0 Å². The van der Waals surface area contributed by atoms with E-state index in [0.717, 1.165) is 16.9 Å². The number of benzene rings is 2. The Bertz CT molecular complexity index is 730. The van der Waals surface area contributed by atoms with Crippen molar-refractivity contribution in [2.45, 2.75) is 6.54 Å². The van der Waals surface area contributed by atoms with Crippen LogP contribution in [-0.2, 0) is 11.3 Å². The van der Waals surface area contributed by atoms with E-state index in [-0.39, 0.29) is 0 Å². The van der Waals surface area contributed by atoms with Crippen molar-refractivity contribution in [1.82, 2.24) is 0 Å². The standard InChI is InChI=1S/C18H19ClN2O3/c19-16-4-2-1-3-13(16)12-20-14-5-6-17(15(11-14)18(22)23)21-7-9-24-10-8-21/h1-6,11,20H,7-10,12H2,(H,22,23). The first kappa shape index (κ1) is 16.6. The minimum Gasteiger partial charge on any atom is -0.478 e. The van der Waals surface area contributed by atoms with E-state index in [4.69, 9.17) is 16.3 Å². The number of carbonyl (C=O) groups is 1. The summed E-state index contributed by atoms with van der Waals surface area (Å²) in [6.07, 6.45) is 0. The Labute approximate surface area is 145 Å². The third-order valence-electron chi connectivity index (χ3n) is 4.02. The van der Waals surface area contributed by atoms with Crippen LogP contribution in [0.25, 0.3) is 0 Å². The van der Waals surface area contributed by atoms with Gasteiger partial charge < -0.3 is 20.1 Å². The Balaban J connectivity index is 1.78. The molecule has 2 N–H and O–H groups in total. The van der Waals surface area contributed by atoms with E-state index in [0.29, 0.717) is 43.4 Å². The maximum Gasteiger partial charge on any atom is 0.337 e. The molecular formula is C18H19ClN2O3. The van der Waals surface area contributed by atoms with Crippen LogP contribution in [0.3, 0.4) is 0 Å². The Morgan fingerprint density at radius 3 is 2.67 bits per heavy atom.